The number of ether oxygens (including phenoxy) is 2. The van der Waals surface area contributed by atoms with Gasteiger partial charge in [-0.15, -0.1) is 11.3 Å². The number of aromatic nitrogens is 4. The SMILES string of the molecule is CCc1nc2ccccc2n1-c1nc(N2CCOCC2)c2sc(CN3CCN(C(=O)OC(C)(C)C)CC3=O)cc2n1. The lowest BCUT2D eigenvalue weighted by molar-refractivity contribution is -0.136. The molecular formula is C29H35N7O4S. The summed E-state index contributed by atoms with van der Waals surface area (Å²) in [5.74, 6) is 2.28. The number of hydrogen-bond donors (Lipinski definition) is 0. The second kappa shape index (κ2) is 10.9. The molecule has 3 aromatic heterocycles. The summed E-state index contributed by atoms with van der Waals surface area (Å²) >= 11 is 1.62. The average Bonchev–Trinajstić information content (AvgIpc) is 3.53. The van der Waals surface area contributed by atoms with Crippen molar-refractivity contribution < 1.29 is 19.1 Å². The maximum absolute atomic E-state index is 13.0. The fraction of sp³-hybridized carbons (Fsp3) is 0.483. The predicted molar refractivity (Wildman–Crippen MR) is 158 cm³/mol. The molecule has 0 aliphatic carbocycles. The maximum Gasteiger partial charge on any atom is 0.410 e. The van der Waals surface area contributed by atoms with E-state index in [0.29, 0.717) is 38.8 Å². The zero-order chi connectivity index (χ0) is 28.7. The molecule has 5 heterocycles. The van der Waals surface area contributed by atoms with E-state index in [1.165, 1.54) is 4.90 Å². The van der Waals surface area contributed by atoms with Crippen molar-refractivity contribution in [3.05, 3.63) is 41.0 Å². The quantitative estimate of drug-likeness (QED) is 0.350. The van der Waals surface area contributed by atoms with Gasteiger partial charge in [-0.1, -0.05) is 19.1 Å². The van der Waals surface area contributed by atoms with Gasteiger partial charge in [-0.3, -0.25) is 14.3 Å². The molecule has 0 atom stereocenters. The van der Waals surface area contributed by atoms with Crippen molar-refractivity contribution in [2.45, 2.75) is 46.3 Å². The monoisotopic (exact) mass is 577 g/mol. The molecule has 0 unspecified atom stereocenters. The van der Waals surface area contributed by atoms with Gasteiger partial charge in [-0.05, 0) is 39.0 Å². The van der Waals surface area contributed by atoms with E-state index in [4.69, 9.17) is 24.4 Å². The number of piperazine rings is 1. The number of carbonyl (C=O) groups excluding carboxylic acids is 2. The van der Waals surface area contributed by atoms with Gasteiger partial charge in [0.05, 0.1) is 41.0 Å². The van der Waals surface area contributed by atoms with Crippen LogP contribution in [0.15, 0.2) is 30.3 Å². The van der Waals surface area contributed by atoms with E-state index in [0.717, 1.165) is 57.3 Å². The fourth-order valence-electron chi connectivity index (χ4n) is 5.20. The van der Waals surface area contributed by atoms with Crippen LogP contribution in [0.5, 0.6) is 0 Å². The smallest absolute Gasteiger partial charge is 0.410 e. The van der Waals surface area contributed by atoms with Crippen molar-refractivity contribution in [3.63, 3.8) is 0 Å². The van der Waals surface area contributed by atoms with E-state index in [1.807, 2.05) is 45.0 Å². The Balaban J connectivity index is 1.32. The van der Waals surface area contributed by atoms with E-state index in [-0.39, 0.29) is 12.5 Å². The molecular weight excluding hydrogens is 542 g/mol. The lowest BCUT2D eigenvalue weighted by Crippen LogP contribution is -2.52. The standard InChI is InChI=1S/C29H35N7O4S/c1-5-23-30-20-8-6-7-9-22(20)36(23)27-31-21-16-19(41-25(21)26(32-27)33-12-14-39-15-13-33)17-34-10-11-35(18-24(34)37)28(38)40-29(2,3)4/h6-9,16H,5,10-15,17-18H2,1-4H3. The van der Waals surface area contributed by atoms with Crippen LogP contribution in [0.2, 0.25) is 0 Å². The molecule has 11 nitrogen and oxygen atoms in total. The minimum Gasteiger partial charge on any atom is -0.444 e. The molecule has 2 aliphatic rings. The van der Waals surface area contributed by atoms with Crippen LogP contribution in [0.4, 0.5) is 10.6 Å². The van der Waals surface area contributed by atoms with E-state index in [2.05, 4.69) is 22.5 Å². The van der Waals surface area contributed by atoms with Crippen molar-refractivity contribution in [2.24, 2.45) is 0 Å². The Labute approximate surface area is 242 Å². The Hall–Kier alpha value is -3.77. The van der Waals surface area contributed by atoms with Gasteiger partial charge in [0.1, 0.15) is 18.0 Å². The lowest BCUT2D eigenvalue weighted by Gasteiger charge is -2.35. The number of morpholine rings is 1. The summed E-state index contributed by atoms with van der Waals surface area (Å²) in [5.41, 5.74) is 2.13. The molecule has 0 bridgehead atoms. The third-order valence-electron chi connectivity index (χ3n) is 7.17. The van der Waals surface area contributed by atoms with Crippen LogP contribution in [0, 0.1) is 0 Å². The molecule has 41 heavy (non-hydrogen) atoms. The third kappa shape index (κ3) is 5.58. The molecule has 2 saturated heterocycles. The van der Waals surface area contributed by atoms with Crippen LogP contribution in [-0.2, 0) is 27.2 Å². The van der Waals surface area contributed by atoms with E-state index in [1.54, 1.807) is 16.2 Å². The van der Waals surface area contributed by atoms with Gasteiger partial charge < -0.3 is 19.3 Å². The molecule has 0 radical (unpaired) electrons. The first-order valence-corrected chi connectivity index (χ1v) is 14.9. The third-order valence-corrected chi connectivity index (χ3v) is 8.27. The van der Waals surface area contributed by atoms with Crippen molar-refractivity contribution in [1.29, 1.82) is 0 Å². The Morgan fingerprint density at radius 1 is 1.05 bits per heavy atom. The van der Waals surface area contributed by atoms with Gasteiger partial charge in [0, 0.05) is 37.5 Å². The van der Waals surface area contributed by atoms with Crippen molar-refractivity contribution in [3.8, 4) is 5.95 Å². The minimum absolute atomic E-state index is 0.0102. The van der Waals surface area contributed by atoms with Gasteiger partial charge in [-0.2, -0.15) is 4.98 Å². The number of aryl methyl sites for hydroxylation is 1. The van der Waals surface area contributed by atoms with Gasteiger partial charge in [0.15, 0.2) is 5.82 Å². The van der Waals surface area contributed by atoms with Crippen molar-refractivity contribution in [2.75, 3.05) is 50.8 Å². The largest absolute Gasteiger partial charge is 0.444 e. The highest BCUT2D eigenvalue weighted by Crippen LogP contribution is 2.35. The van der Waals surface area contributed by atoms with Gasteiger partial charge >= 0.3 is 6.09 Å². The summed E-state index contributed by atoms with van der Waals surface area (Å²) < 4.78 is 14.1. The molecule has 216 valence electrons. The number of fused-ring (bicyclic) bond motifs is 2. The Bertz CT molecular complexity index is 1600. The fourth-order valence-corrected chi connectivity index (χ4v) is 6.33. The number of nitrogens with zero attached hydrogens (tertiary/aromatic N) is 7. The zero-order valence-corrected chi connectivity index (χ0v) is 24.7. The van der Waals surface area contributed by atoms with Crippen LogP contribution in [0.25, 0.3) is 27.2 Å². The van der Waals surface area contributed by atoms with Gasteiger partial charge in [0.2, 0.25) is 11.9 Å². The summed E-state index contributed by atoms with van der Waals surface area (Å²) in [7, 11) is 0. The molecule has 4 aromatic rings. The number of hydrogen-bond acceptors (Lipinski definition) is 9. The number of thiophene rings is 1. The normalized spacial score (nSPS) is 16.7. The summed E-state index contributed by atoms with van der Waals surface area (Å²) in [6, 6.07) is 10.1. The molecule has 1 aromatic carbocycles. The van der Waals surface area contributed by atoms with Crippen LogP contribution in [0.3, 0.4) is 0 Å². The number of anilines is 1. The molecule has 0 spiro atoms. The maximum atomic E-state index is 13.0. The summed E-state index contributed by atoms with van der Waals surface area (Å²) in [6.07, 6.45) is 0.290. The summed E-state index contributed by atoms with van der Waals surface area (Å²) in [6.45, 7) is 11.7. The molecule has 2 fully saturated rings. The number of imidazole rings is 1. The van der Waals surface area contributed by atoms with E-state index < -0.39 is 11.7 Å². The van der Waals surface area contributed by atoms with Crippen LogP contribution in [0.1, 0.15) is 38.4 Å². The lowest BCUT2D eigenvalue weighted by atomic mass is 10.2. The second-order valence-corrected chi connectivity index (χ2v) is 12.4. The molecule has 12 heteroatoms. The first kappa shape index (κ1) is 27.4. The highest BCUT2D eigenvalue weighted by atomic mass is 32.1. The van der Waals surface area contributed by atoms with E-state index in [9.17, 15) is 9.59 Å². The molecule has 0 N–H and O–H groups in total. The summed E-state index contributed by atoms with van der Waals surface area (Å²) in [5, 5.41) is 0. The minimum atomic E-state index is -0.604. The number of benzene rings is 1. The number of rotatable bonds is 5. The number of para-hydroxylation sites is 2. The predicted octanol–water partition coefficient (Wildman–Crippen LogP) is 4.01. The Morgan fingerprint density at radius 2 is 1.83 bits per heavy atom. The number of carbonyl (C=O) groups is 2. The molecule has 2 aliphatic heterocycles. The highest BCUT2D eigenvalue weighted by Gasteiger charge is 2.31. The van der Waals surface area contributed by atoms with Gasteiger partial charge in [-0.25, -0.2) is 14.8 Å². The highest BCUT2D eigenvalue weighted by molar-refractivity contribution is 7.19. The Kier molecular flexibility index (Phi) is 7.28. The van der Waals surface area contributed by atoms with Crippen molar-refractivity contribution >= 4 is 50.4 Å². The first-order chi connectivity index (χ1) is 19.7. The summed E-state index contributed by atoms with van der Waals surface area (Å²) in [4.78, 5) is 47.0. The van der Waals surface area contributed by atoms with Gasteiger partial charge in [0.25, 0.3) is 0 Å². The zero-order valence-electron chi connectivity index (χ0n) is 23.9. The Morgan fingerprint density at radius 3 is 2.56 bits per heavy atom. The van der Waals surface area contributed by atoms with E-state index >= 15 is 0 Å². The first-order valence-electron chi connectivity index (χ1n) is 14.1. The van der Waals surface area contributed by atoms with Crippen LogP contribution >= 0.6 is 11.3 Å². The van der Waals surface area contributed by atoms with Crippen LogP contribution in [-0.4, -0.2) is 92.9 Å². The van der Waals surface area contributed by atoms with Crippen LogP contribution < -0.4 is 4.90 Å². The topological polar surface area (TPSA) is 106 Å². The molecule has 2 amide bonds. The molecule has 0 saturated carbocycles. The van der Waals surface area contributed by atoms with Crippen molar-refractivity contribution in [1.82, 2.24) is 29.3 Å². The second-order valence-electron chi connectivity index (χ2n) is 11.3. The number of amides is 2. The average molecular weight is 578 g/mol. The molecule has 6 rings (SSSR count).